The van der Waals surface area contributed by atoms with Crippen molar-refractivity contribution in [2.75, 3.05) is 0 Å². The number of hydrogen-bond donors (Lipinski definition) is 2. The summed E-state index contributed by atoms with van der Waals surface area (Å²) < 4.78 is 23.9. The third-order valence-corrected chi connectivity index (χ3v) is 4.76. The van der Waals surface area contributed by atoms with Gasteiger partial charge in [-0.3, -0.25) is 4.79 Å². The van der Waals surface area contributed by atoms with Gasteiger partial charge in [-0.2, -0.15) is 0 Å². The maximum atomic E-state index is 11.9. The summed E-state index contributed by atoms with van der Waals surface area (Å²) in [5, 5.41) is 16.2. The lowest BCUT2D eigenvalue weighted by molar-refractivity contribution is -0.136. The molecule has 1 unspecified atom stereocenters. The highest BCUT2D eigenvalue weighted by Gasteiger charge is 2.30. The van der Waals surface area contributed by atoms with E-state index in [1.54, 1.807) is 0 Å². The van der Waals surface area contributed by atoms with E-state index in [1.807, 2.05) is 0 Å². The third kappa shape index (κ3) is 3.78. The van der Waals surface area contributed by atoms with Crippen LogP contribution in [0.5, 0.6) is 0 Å². The van der Waals surface area contributed by atoms with Crippen LogP contribution in [0.15, 0.2) is 24.3 Å². The van der Waals surface area contributed by atoms with Crippen molar-refractivity contribution in [1.29, 1.82) is 0 Å². The van der Waals surface area contributed by atoms with Gasteiger partial charge in [-0.15, -0.1) is 0 Å². The average Bonchev–Trinajstić information content (AvgIpc) is 2.28. The minimum Gasteiger partial charge on any atom is -0.480 e. The Bertz CT molecular complexity index is 590. The van der Waals surface area contributed by atoms with Gasteiger partial charge in [0.1, 0.15) is 0 Å². The lowest BCUT2D eigenvalue weighted by Crippen LogP contribution is -2.30. The van der Waals surface area contributed by atoms with Gasteiger partial charge < -0.3 is 10.2 Å². The Hall–Kier alpha value is -1.89. The summed E-state index contributed by atoms with van der Waals surface area (Å²) in [6, 6.07) is 5.45. The molecular weight excluding hydrogens is 272 g/mol. The molecule has 0 fully saturated rings. The number of carbonyl (C=O) groups is 2. The number of aliphatic carboxylic acids is 1. The quantitative estimate of drug-likeness (QED) is 0.812. The van der Waals surface area contributed by atoms with Crippen LogP contribution in [0.4, 0.5) is 0 Å². The molecule has 0 aromatic heterocycles. The Morgan fingerprint density at radius 2 is 1.89 bits per heavy atom. The Kier molecular flexibility index (Phi) is 4.66. The summed E-state index contributed by atoms with van der Waals surface area (Å²) in [6.07, 6.45) is -0.0315. The summed E-state index contributed by atoms with van der Waals surface area (Å²) in [7, 11) is -3.86. The van der Waals surface area contributed by atoms with Crippen LogP contribution in [0.1, 0.15) is 29.3 Å². The van der Waals surface area contributed by atoms with Crippen molar-refractivity contribution >= 4 is 21.8 Å². The molecule has 0 saturated carbocycles. The summed E-state index contributed by atoms with van der Waals surface area (Å²) in [6.45, 7) is 1.48. The minimum absolute atomic E-state index is 0.0314. The predicted molar refractivity (Wildman–Crippen MR) is 67.7 cm³/mol. The second kappa shape index (κ2) is 5.83. The minimum atomic E-state index is -3.86. The fourth-order valence-electron chi connectivity index (χ4n) is 1.71. The van der Waals surface area contributed by atoms with Gasteiger partial charge in [0.2, 0.25) is 0 Å². The van der Waals surface area contributed by atoms with Gasteiger partial charge in [0.05, 0.1) is 11.3 Å². The molecule has 1 aromatic carbocycles. The van der Waals surface area contributed by atoms with Crippen molar-refractivity contribution in [3.05, 3.63) is 35.4 Å². The Labute approximate surface area is 110 Å². The van der Waals surface area contributed by atoms with Crippen LogP contribution in [-0.4, -0.2) is 35.8 Å². The largest absolute Gasteiger partial charge is 0.480 e. The first-order valence-electron chi connectivity index (χ1n) is 5.54. The molecule has 0 aliphatic rings. The van der Waals surface area contributed by atoms with Gasteiger partial charge in [-0.05, 0) is 24.1 Å². The van der Waals surface area contributed by atoms with Crippen molar-refractivity contribution in [2.45, 2.75) is 24.3 Å². The smallest absolute Gasteiger partial charge is 0.335 e. The molecule has 0 spiro atoms. The van der Waals surface area contributed by atoms with Crippen molar-refractivity contribution in [2.24, 2.45) is 0 Å². The second-order valence-electron chi connectivity index (χ2n) is 4.05. The van der Waals surface area contributed by atoms with Gasteiger partial charge in [-0.25, -0.2) is 13.2 Å². The van der Waals surface area contributed by atoms with E-state index in [0.717, 1.165) is 0 Å². The molecule has 6 nitrogen and oxygen atoms in total. The normalized spacial score (nSPS) is 12.9. The molecule has 0 aliphatic heterocycles. The number of aromatic carboxylic acids is 1. The topological polar surface area (TPSA) is 109 Å². The maximum absolute atomic E-state index is 11.9. The van der Waals surface area contributed by atoms with E-state index in [1.165, 1.54) is 31.2 Å². The van der Waals surface area contributed by atoms with Crippen LogP contribution in [0.2, 0.25) is 0 Å². The first-order chi connectivity index (χ1) is 8.77. The molecular formula is C12H14O6S. The van der Waals surface area contributed by atoms with E-state index < -0.39 is 32.8 Å². The molecule has 0 radical (unpaired) electrons. The first-order valence-corrected chi connectivity index (χ1v) is 7.26. The summed E-state index contributed by atoms with van der Waals surface area (Å²) in [4.78, 5) is 21.6. The summed E-state index contributed by atoms with van der Waals surface area (Å²) in [5.41, 5.74) is 0.232. The highest BCUT2D eigenvalue weighted by Crippen LogP contribution is 2.15. The Morgan fingerprint density at radius 3 is 2.37 bits per heavy atom. The average molecular weight is 286 g/mol. The lowest BCUT2D eigenvalue weighted by atomic mass is 10.1. The van der Waals surface area contributed by atoms with Gasteiger partial charge in [0.15, 0.2) is 15.1 Å². The molecule has 2 N–H and O–H groups in total. The van der Waals surface area contributed by atoms with Crippen LogP contribution in [-0.2, 0) is 20.4 Å². The van der Waals surface area contributed by atoms with Crippen molar-refractivity contribution in [3.8, 4) is 0 Å². The predicted octanol–water partition coefficient (Wildman–Crippen LogP) is 1.16. The molecule has 7 heteroatoms. The summed E-state index contributed by atoms with van der Waals surface area (Å²) >= 11 is 0. The van der Waals surface area contributed by atoms with Crippen LogP contribution in [0, 0.1) is 0 Å². The number of hydrogen-bond acceptors (Lipinski definition) is 4. The van der Waals surface area contributed by atoms with E-state index >= 15 is 0 Å². The van der Waals surface area contributed by atoms with E-state index in [-0.39, 0.29) is 17.5 Å². The van der Waals surface area contributed by atoms with E-state index in [0.29, 0.717) is 0 Å². The third-order valence-electron chi connectivity index (χ3n) is 2.62. The molecule has 104 valence electrons. The van der Waals surface area contributed by atoms with Crippen molar-refractivity contribution in [1.82, 2.24) is 0 Å². The highest BCUT2D eigenvalue weighted by atomic mass is 32.2. The molecule has 1 atom stereocenters. The molecule has 19 heavy (non-hydrogen) atoms. The second-order valence-corrected chi connectivity index (χ2v) is 6.23. The van der Waals surface area contributed by atoms with Gasteiger partial charge in [-0.1, -0.05) is 19.1 Å². The van der Waals surface area contributed by atoms with Crippen LogP contribution >= 0.6 is 0 Å². The molecule has 0 heterocycles. The van der Waals surface area contributed by atoms with Crippen molar-refractivity contribution < 1.29 is 28.2 Å². The monoisotopic (exact) mass is 286 g/mol. The number of carboxylic acids is 2. The fraction of sp³-hybridized carbons (Fsp3) is 0.333. The Morgan fingerprint density at radius 1 is 1.26 bits per heavy atom. The highest BCUT2D eigenvalue weighted by molar-refractivity contribution is 7.92. The standard InChI is InChI=1S/C12H14O6S/c1-2-10(12(15)16)19(17,18)7-8-4-3-5-9(6-8)11(13)14/h3-6,10H,2,7H2,1H3,(H,13,14)(H,15,16). The van der Waals surface area contributed by atoms with Crippen LogP contribution < -0.4 is 0 Å². The number of sulfone groups is 1. The van der Waals surface area contributed by atoms with Crippen LogP contribution in [0.3, 0.4) is 0 Å². The Balaban J connectivity index is 3.04. The first kappa shape index (κ1) is 15.2. The van der Waals surface area contributed by atoms with E-state index in [2.05, 4.69) is 0 Å². The van der Waals surface area contributed by atoms with Gasteiger partial charge in [0.25, 0.3) is 0 Å². The molecule has 0 amide bonds. The molecule has 1 rings (SSSR count). The molecule has 0 bridgehead atoms. The SMILES string of the molecule is CCC(C(=O)O)S(=O)(=O)Cc1cccc(C(=O)O)c1. The lowest BCUT2D eigenvalue weighted by Gasteiger charge is -2.11. The fourth-order valence-corrected chi connectivity index (χ4v) is 3.37. The molecule has 0 saturated heterocycles. The van der Waals surface area contributed by atoms with Gasteiger partial charge >= 0.3 is 11.9 Å². The number of benzene rings is 1. The van der Waals surface area contributed by atoms with E-state index in [9.17, 15) is 18.0 Å². The van der Waals surface area contributed by atoms with Gasteiger partial charge in [0, 0.05) is 0 Å². The van der Waals surface area contributed by atoms with Crippen LogP contribution in [0.25, 0.3) is 0 Å². The molecule has 1 aromatic rings. The summed E-state index contributed by atoms with van der Waals surface area (Å²) in [5.74, 6) is -3.04. The zero-order chi connectivity index (χ0) is 14.6. The molecule has 0 aliphatic carbocycles. The number of carboxylic acid groups (broad SMARTS) is 2. The number of rotatable bonds is 6. The van der Waals surface area contributed by atoms with E-state index in [4.69, 9.17) is 10.2 Å². The zero-order valence-electron chi connectivity index (χ0n) is 10.2. The maximum Gasteiger partial charge on any atom is 0.335 e. The zero-order valence-corrected chi connectivity index (χ0v) is 11.1. The van der Waals surface area contributed by atoms with Crippen molar-refractivity contribution in [3.63, 3.8) is 0 Å².